The third kappa shape index (κ3) is 2.12. The first-order valence-electron chi connectivity index (χ1n) is 3.92. The average Bonchev–Trinajstić information content (AvgIpc) is 2.47. The monoisotopic (exact) mass is 181 g/mol. The zero-order valence-electron chi connectivity index (χ0n) is 7.65. The van der Waals surface area contributed by atoms with Crippen LogP contribution in [0.1, 0.15) is 6.92 Å². The first-order valence-corrected chi connectivity index (χ1v) is 3.92. The molecule has 0 saturated heterocycles. The van der Waals surface area contributed by atoms with E-state index < -0.39 is 0 Å². The molecular weight excluding hydrogens is 170 g/mol. The van der Waals surface area contributed by atoms with Gasteiger partial charge in [-0.25, -0.2) is 0 Å². The van der Waals surface area contributed by atoms with Crippen LogP contribution in [0.3, 0.4) is 0 Å². The first kappa shape index (κ1) is 9.39. The van der Waals surface area contributed by atoms with Crippen molar-refractivity contribution in [2.75, 3.05) is 20.4 Å². The molecule has 0 aromatic rings. The minimum absolute atomic E-state index is 0.318. The Kier molecular flexibility index (Phi) is 3.15. The highest BCUT2D eigenvalue weighted by Gasteiger charge is 2.19. The molecule has 0 unspecified atom stereocenters. The van der Waals surface area contributed by atoms with Crippen molar-refractivity contribution in [1.29, 1.82) is 5.26 Å². The number of allylic oxidation sites excluding steroid dienone is 1. The Bertz CT molecular complexity index is 278. The lowest BCUT2D eigenvalue weighted by atomic mass is 10.5. The number of nitrogens with zero attached hydrogens (tertiary/aromatic N) is 3. The second kappa shape index (κ2) is 4.36. The Morgan fingerprint density at radius 3 is 3.23 bits per heavy atom. The van der Waals surface area contributed by atoms with Crippen LogP contribution < -0.4 is 0 Å². The van der Waals surface area contributed by atoms with Gasteiger partial charge in [-0.1, -0.05) is 0 Å². The van der Waals surface area contributed by atoms with E-state index in [1.54, 1.807) is 11.9 Å². The highest BCUT2D eigenvalue weighted by atomic mass is 16.5. The van der Waals surface area contributed by atoms with Crippen molar-refractivity contribution in [3.8, 4) is 6.07 Å². The van der Waals surface area contributed by atoms with Crippen molar-refractivity contribution >= 4 is 6.40 Å². The molecule has 5 heteroatoms. The molecule has 0 aromatic heterocycles. The van der Waals surface area contributed by atoms with Gasteiger partial charge in [-0.05, 0) is 6.92 Å². The highest BCUT2D eigenvalue weighted by Crippen LogP contribution is 2.17. The predicted octanol–water partition coefficient (Wildman–Crippen LogP) is 0.663. The lowest BCUT2D eigenvalue weighted by Gasteiger charge is -2.04. The summed E-state index contributed by atoms with van der Waals surface area (Å²) in [5.41, 5.74) is 0.427. The molecule has 0 aromatic carbocycles. The molecule has 70 valence electrons. The van der Waals surface area contributed by atoms with E-state index in [0.717, 1.165) is 0 Å². The molecule has 0 fully saturated rings. The van der Waals surface area contributed by atoms with Gasteiger partial charge in [0, 0.05) is 7.05 Å². The molecule has 5 nitrogen and oxygen atoms in total. The Labute approximate surface area is 76.9 Å². The quantitative estimate of drug-likeness (QED) is 0.474. The van der Waals surface area contributed by atoms with Gasteiger partial charge in [0.15, 0.2) is 18.8 Å². The summed E-state index contributed by atoms with van der Waals surface area (Å²) in [6.07, 6.45) is 1.28. The van der Waals surface area contributed by atoms with E-state index in [0.29, 0.717) is 24.9 Å². The second-order valence-corrected chi connectivity index (χ2v) is 2.43. The second-order valence-electron chi connectivity index (χ2n) is 2.43. The predicted molar refractivity (Wildman–Crippen MR) is 46.5 cm³/mol. The van der Waals surface area contributed by atoms with Gasteiger partial charge in [-0.2, -0.15) is 10.3 Å². The number of rotatable bonds is 3. The maximum atomic E-state index is 8.72. The minimum atomic E-state index is 0.318. The Morgan fingerprint density at radius 1 is 1.85 bits per heavy atom. The van der Waals surface area contributed by atoms with E-state index in [-0.39, 0.29) is 0 Å². The van der Waals surface area contributed by atoms with Gasteiger partial charge in [0.05, 0.1) is 6.61 Å². The van der Waals surface area contributed by atoms with Crippen LogP contribution in [-0.2, 0) is 9.47 Å². The smallest absolute Gasteiger partial charge is 0.253 e. The molecule has 0 amide bonds. The van der Waals surface area contributed by atoms with Crippen LogP contribution in [0.4, 0.5) is 0 Å². The van der Waals surface area contributed by atoms with Gasteiger partial charge < -0.3 is 14.4 Å². The molecule has 1 heterocycles. The van der Waals surface area contributed by atoms with Crippen LogP contribution in [0.25, 0.3) is 0 Å². The van der Waals surface area contributed by atoms with E-state index in [1.165, 1.54) is 6.40 Å². The summed E-state index contributed by atoms with van der Waals surface area (Å²) in [6.45, 7) is 2.77. The first-order chi connectivity index (χ1) is 6.29. The summed E-state index contributed by atoms with van der Waals surface area (Å²) < 4.78 is 10.0. The fraction of sp³-hybridized carbons (Fsp3) is 0.500. The van der Waals surface area contributed by atoms with E-state index >= 15 is 0 Å². The van der Waals surface area contributed by atoms with Crippen molar-refractivity contribution < 1.29 is 9.47 Å². The third-order valence-corrected chi connectivity index (χ3v) is 1.50. The normalized spacial score (nSPS) is 16.2. The van der Waals surface area contributed by atoms with Crippen LogP contribution >= 0.6 is 0 Å². The van der Waals surface area contributed by atoms with E-state index in [4.69, 9.17) is 14.7 Å². The molecule has 13 heavy (non-hydrogen) atoms. The summed E-state index contributed by atoms with van der Waals surface area (Å²) in [5.74, 6) is 0.318. The van der Waals surface area contributed by atoms with Crippen LogP contribution in [0.2, 0.25) is 0 Å². The molecule has 1 aliphatic heterocycles. The van der Waals surface area contributed by atoms with Crippen LogP contribution in [0.15, 0.2) is 16.6 Å². The fourth-order valence-corrected chi connectivity index (χ4v) is 0.845. The largest absolute Gasteiger partial charge is 0.483 e. The maximum Gasteiger partial charge on any atom is 0.253 e. The lowest BCUT2D eigenvalue weighted by Crippen LogP contribution is -2.11. The molecule has 1 aliphatic rings. The number of aliphatic imine (C=N–C) groups is 1. The van der Waals surface area contributed by atoms with Crippen molar-refractivity contribution in [1.82, 2.24) is 4.90 Å². The summed E-state index contributed by atoms with van der Waals surface area (Å²) >= 11 is 0. The molecule has 0 spiro atoms. The molecule has 0 aliphatic carbocycles. The Morgan fingerprint density at radius 2 is 2.62 bits per heavy atom. The van der Waals surface area contributed by atoms with Crippen molar-refractivity contribution in [3.63, 3.8) is 0 Å². The summed E-state index contributed by atoms with van der Waals surface area (Å²) in [6, 6.07) is 2.00. The van der Waals surface area contributed by atoms with Gasteiger partial charge in [0.1, 0.15) is 6.07 Å². The van der Waals surface area contributed by atoms with Gasteiger partial charge in [0.25, 0.3) is 5.88 Å². The number of nitriles is 1. The Balaban J connectivity index is 2.68. The topological polar surface area (TPSA) is 57.8 Å². The van der Waals surface area contributed by atoms with Crippen LogP contribution in [-0.4, -0.2) is 31.7 Å². The SMILES string of the molecule is CCOC=NC1=C(C#N)N(C)CO1. The van der Waals surface area contributed by atoms with Gasteiger partial charge >= 0.3 is 0 Å². The van der Waals surface area contributed by atoms with Crippen molar-refractivity contribution in [3.05, 3.63) is 11.6 Å². The third-order valence-electron chi connectivity index (χ3n) is 1.50. The van der Waals surface area contributed by atoms with Crippen molar-refractivity contribution in [2.24, 2.45) is 4.99 Å². The Hall–Kier alpha value is -1.70. The molecule has 1 rings (SSSR count). The van der Waals surface area contributed by atoms with E-state index in [1.807, 2.05) is 13.0 Å². The number of hydrogen-bond donors (Lipinski definition) is 0. The van der Waals surface area contributed by atoms with Crippen molar-refractivity contribution in [2.45, 2.75) is 6.92 Å². The van der Waals surface area contributed by atoms with Gasteiger partial charge in [0.2, 0.25) is 0 Å². The van der Waals surface area contributed by atoms with E-state index in [9.17, 15) is 0 Å². The van der Waals surface area contributed by atoms with Gasteiger partial charge in [-0.15, -0.1) is 0 Å². The highest BCUT2D eigenvalue weighted by molar-refractivity contribution is 5.49. The minimum Gasteiger partial charge on any atom is -0.483 e. The zero-order chi connectivity index (χ0) is 9.68. The van der Waals surface area contributed by atoms with Crippen LogP contribution in [0.5, 0.6) is 0 Å². The molecule has 0 saturated carbocycles. The van der Waals surface area contributed by atoms with Gasteiger partial charge in [-0.3, -0.25) is 0 Å². The lowest BCUT2D eigenvalue weighted by molar-refractivity contribution is 0.166. The molecular formula is C8H11N3O2. The standard InChI is InChI=1S/C8H11N3O2/c1-3-12-5-10-8-7(4-9)11(2)6-13-8/h5H,3,6H2,1-2H3. The summed E-state index contributed by atoms with van der Waals surface area (Å²) in [4.78, 5) is 5.54. The molecule has 0 N–H and O–H groups in total. The number of ether oxygens (including phenoxy) is 2. The van der Waals surface area contributed by atoms with Crippen LogP contribution in [0, 0.1) is 11.3 Å². The fourth-order valence-electron chi connectivity index (χ4n) is 0.845. The molecule has 0 atom stereocenters. The maximum absolute atomic E-state index is 8.72. The summed E-state index contributed by atoms with van der Waals surface area (Å²) in [7, 11) is 1.77. The number of hydrogen-bond acceptors (Lipinski definition) is 5. The van der Waals surface area contributed by atoms with E-state index in [2.05, 4.69) is 4.99 Å². The molecule has 0 radical (unpaired) electrons. The summed E-state index contributed by atoms with van der Waals surface area (Å²) in [5, 5.41) is 8.72. The molecule has 0 bridgehead atoms. The average molecular weight is 181 g/mol. The zero-order valence-corrected chi connectivity index (χ0v) is 7.65.